The van der Waals surface area contributed by atoms with Gasteiger partial charge in [0.1, 0.15) is 22.5 Å². The molecule has 0 saturated carbocycles. The van der Waals surface area contributed by atoms with Crippen LogP contribution in [0.5, 0.6) is 0 Å². The lowest BCUT2D eigenvalue weighted by atomic mass is 10.3. The first-order valence-corrected chi connectivity index (χ1v) is 10.0. The van der Waals surface area contributed by atoms with E-state index >= 15 is 0 Å². The van der Waals surface area contributed by atoms with Crippen molar-refractivity contribution in [3.8, 4) is 6.07 Å². The minimum atomic E-state index is -0.0939. The molecule has 8 heteroatoms. The zero-order chi connectivity index (χ0) is 19.4. The van der Waals surface area contributed by atoms with Gasteiger partial charge >= 0.3 is 0 Å². The Kier molecular flexibility index (Phi) is 5.84. The van der Waals surface area contributed by atoms with Gasteiger partial charge in [0.05, 0.1) is 17.1 Å². The number of aromatic nitrogens is 3. The number of thioether (sulfide) groups is 1. The Morgan fingerprint density at radius 2 is 1.96 bits per heavy atom. The third kappa shape index (κ3) is 4.32. The van der Waals surface area contributed by atoms with Crippen LogP contribution in [0.2, 0.25) is 0 Å². The molecule has 0 atom stereocenters. The molecule has 0 unspecified atom stereocenters. The van der Waals surface area contributed by atoms with Crippen molar-refractivity contribution in [3.63, 3.8) is 0 Å². The Labute approximate surface area is 165 Å². The third-order valence-electron chi connectivity index (χ3n) is 3.70. The van der Waals surface area contributed by atoms with Crippen LogP contribution in [-0.4, -0.2) is 20.9 Å². The number of benzene rings is 1. The predicted molar refractivity (Wildman–Crippen MR) is 107 cm³/mol. The summed E-state index contributed by atoms with van der Waals surface area (Å²) in [5.41, 5.74) is 2.79. The van der Waals surface area contributed by atoms with Gasteiger partial charge in [0.2, 0.25) is 5.91 Å². The van der Waals surface area contributed by atoms with Crippen molar-refractivity contribution < 1.29 is 4.79 Å². The van der Waals surface area contributed by atoms with Gasteiger partial charge in [-0.3, -0.25) is 9.69 Å². The Bertz CT molecular complexity index is 1010. The summed E-state index contributed by atoms with van der Waals surface area (Å²) in [6.45, 7) is 5.14. The average Bonchev–Trinajstić information content (AvgIpc) is 3.08. The monoisotopic (exact) mass is 395 g/mol. The SMILES string of the molecule is CC(=O)N(c1ccccc1)c1nc(CSc2nc(C)nc(C)c2C#N)cs1. The van der Waals surface area contributed by atoms with E-state index in [1.807, 2.05) is 49.6 Å². The largest absolute Gasteiger partial charge is 0.274 e. The molecule has 0 aliphatic heterocycles. The van der Waals surface area contributed by atoms with Crippen molar-refractivity contribution in [2.45, 2.75) is 31.6 Å². The molecule has 0 saturated heterocycles. The molecule has 0 radical (unpaired) electrons. The third-order valence-corrected chi connectivity index (χ3v) is 5.58. The number of rotatable bonds is 5. The zero-order valence-electron chi connectivity index (χ0n) is 15.1. The number of hydrogen-bond acceptors (Lipinski definition) is 7. The number of aryl methyl sites for hydroxylation is 2. The van der Waals surface area contributed by atoms with Crippen LogP contribution in [0.4, 0.5) is 10.8 Å². The van der Waals surface area contributed by atoms with E-state index in [4.69, 9.17) is 0 Å². The first-order valence-electron chi connectivity index (χ1n) is 8.18. The molecule has 3 rings (SSSR count). The maximum Gasteiger partial charge on any atom is 0.230 e. The van der Waals surface area contributed by atoms with Crippen molar-refractivity contribution in [1.82, 2.24) is 15.0 Å². The molecule has 3 aromatic rings. The Morgan fingerprint density at radius 1 is 1.22 bits per heavy atom. The fourth-order valence-corrected chi connectivity index (χ4v) is 4.49. The highest BCUT2D eigenvalue weighted by Crippen LogP contribution is 2.31. The molecule has 1 amide bonds. The first-order chi connectivity index (χ1) is 13.0. The minimum Gasteiger partial charge on any atom is -0.274 e. The molecule has 0 fully saturated rings. The smallest absolute Gasteiger partial charge is 0.230 e. The van der Waals surface area contributed by atoms with Crippen LogP contribution in [-0.2, 0) is 10.5 Å². The van der Waals surface area contributed by atoms with Crippen LogP contribution >= 0.6 is 23.1 Å². The van der Waals surface area contributed by atoms with Gasteiger partial charge in [-0.15, -0.1) is 11.3 Å². The number of para-hydroxylation sites is 1. The molecule has 6 nitrogen and oxygen atoms in total. The maximum absolute atomic E-state index is 12.1. The highest BCUT2D eigenvalue weighted by Gasteiger charge is 2.18. The molecule has 136 valence electrons. The lowest BCUT2D eigenvalue weighted by molar-refractivity contribution is -0.115. The van der Waals surface area contributed by atoms with Gasteiger partial charge in [-0.2, -0.15) is 5.26 Å². The van der Waals surface area contributed by atoms with Crippen molar-refractivity contribution >= 4 is 39.8 Å². The van der Waals surface area contributed by atoms with E-state index in [-0.39, 0.29) is 5.91 Å². The van der Waals surface area contributed by atoms with E-state index in [0.717, 1.165) is 11.4 Å². The number of carbonyl (C=O) groups excluding carboxylic acids is 1. The summed E-state index contributed by atoms with van der Waals surface area (Å²) in [5, 5.41) is 12.6. The summed E-state index contributed by atoms with van der Waals surface area (Å²) in [7, 11) is 0. The second-order valence-electron chi connectivity index (χ2n) is 5.75. The van der Waals surface area contributed by atoms with E-state index in [2.05, 4.69) is 21.0 Å². The second kappa shape index (κ2) is 8.29. The van der Waals surface area contributed by atoms with E-state index < -0.39 is 0 Å². The van der Waals surface area contributed by atoms with Crippen molar-refractivity contribution in [2.24, 2.45) is 0 Å². The molecular formula is C19H17N5OS2. The van der Waals surface area contributed by atoms with Gasteiger partial charge in [-0.1, -0.05) is 30.0 Å². The second-order valence-corrected chi connectivity index (χ2v) is 7.55. The quantitative estimate of drug-likeness (QED) is 0.470. The van der Waals surface area contributed by atoms with Crippen LogP contribution in [0.25, 0.3) is 0 Å². The summed E-state index contributed by atoms with van der Waals surface area (Å²) in [6, 6.07) is 11.6. The number of nitriles is 1. The fraction of sp³-hybridized carbons (Fsp3) is 0.211. The van der Waals surface area contributed by atoms with Crippen molar-refractivity contribution in [1.29, 1.82) is 5.26 Å². The van der Waals surface area contributed by atoms with Crippen molar-refractivity contribution in [3.05, 3.63) is 58.5 Å². The van der Waals surface area contributed by atoms with Gasteiger partial charge in [-0.05, 0) is 26.0 Å². The topological polar surface area (TPSA) is 82.8 Å². The highest BCUT2D eigenvalue weighted by atomic mass is 32.2. The number of amides is 1. The van der Waals surface area contributed by atoms with Crippen LogP contribution in [0.15, 0.2) is 40.7 Å². The number of thiazole rings is 1. The molecule has 2 heterocycles. The lowest BCUT2D eigenvalue weighted by Gasteiger charge is -2.17. The van der Waals surface area contributed by atoms with Crippen LogP contribution in [0.1, 0.15) is 29.7 Å². The molecule has 0 aliphatic rings. The van der Waals surface area contributed by atoms with Crippen LogP contribution in [0, 0.1) is 25.2 Å². The summed E-state index contributed by atoms with van der Waals surface area (Å²) in [6.07, 6.45) is 0. The standard InChI is InChI=1S/C19H17N5OS2/c1-12-17(9-20)18(22-13(2)21-12)26-10-15-11-27-19(23-15)24(14(3)25)16-7-5-4-6-8-16/h4-8,11H,10H2,1-3H3. The summed E-state index contributed by atoms with van der Waals surface area (Å²) >= 11 is 2.86. The zero-order valence-corrected chi connectivity index (χ0v) is 16.8. The Hall–Kier alpha value is -2.76. The molecule has 0 spiro atoms. The van der Waals surface area contributed by atoms with Crippen molar-refractivity contribution in [2.75, 3.05) is 4.90 Å². The summed E-state index contributed by atoms with van der Waals surface area (Å²) in [4.78, 5) is 26.9. The lowest BCUT2D eigenvalue weighted by Crippen LogP contribution is -2.22. The molecular weight excluding hydrogens is 378 g/mol. The van der Waals surface area contributed by atoms with Crippen LogP contribution < -0.4 is 4.90 Å². The number of anilines is 2. The molecule has 0 N–H and O–H groups in total. The first kappa shape index (κ1) is 19.0. The maximum atomic E-state index is 12.1. The average molecular weight is 396 g/mol. The summed E-state index contributed by atoms with van der Waals surface area (Å²) in [5.74, 6) is 1.10. The predicted octanol–water partition coefficient (Wildman–Crippen LogP) is 4.40. The number of carbonyl (C=O) groups is 1. The number of hydrogen-bond donors (Lipinski definition) is 0. The normalized spacial score (nSPS) is 10.4. The van der Waals surface area contributed by atoms with Gasteiger partial charge in [0.25, 0.3) is 0 Å². The summed E-state index contributed by atoms with van der Waals surface area (Å²) < 4.78 is 0. The molecule has 27 heavy (non-hydrogen) atoms. The van der Waals surface area contributed by atoms with Gasteiger partial charge in [-0.25, -0.2) is 15.0 Å². The highest BCUT2D eigenvalue weighted by molar-refractivity contribution is 7.98. The Balaban J connectivity index is 1.81. The van der Waals surface area contributed by atoms with Gasteiger partial charge in [0, 0.05) is 18.1 Å². The van der Waals surface area contributed by atoms with E-state index in [9.17, 15) is 10.1 Å². The molecule has 0 aliphatic carbocycles. The molecule has 2 aromatic heterocycles. The van der Waals surface area contributed by atoms with E-state index in [0.29, 0.717) is 33.0 Å². The van der Waals surface area contributed by atoms with Gasteiger partial charge in [0.15, 0.2) is 5.13 Å². The van der Waals surface area contributed by atoms with Crippen LogP contribution in [0.3, 0.4) is 0 Å². The Morgan fingerprint density at radius 3 is 2.63 bits per heavy atom. The molecule has 0 bridgehead atoms. The molecule has 1 aromatic carbocycles. The van der Waals surface area contributed by atoms with Gasteiger partial charge < -0.3 is 0 Å². The minimum absolute atomic E-state index is 0.0939. The van der Waals surface area contributed by atoms with E-state index in [1.54, 1.807) is 4.90 Å². The number of nitrogens with zero attached hydrogens (tertiary/aromatic N) is 5. The van der Waals surface area contributed by atoms with E-state index in [1.165, 1.54) is 30.0 Å². The fourth-order valence-electron chi connectivity index (χ4n) is 2.53.